The number of carbonyl (C=O) groups is 1. The Bertz CT molecular complexity index is 953. The predicted molar refractivity (Wildman–Crippen MR) is 120 cm³/mol. The number of aryl methyl sites for hydroxylation is 1. The molecule has 1 N–H and O–H groups in total. The molecule has 0 bridgehead atoms. The zero-order valence-electron chi connectivity index (χ0n) is 17.8. The maximum atomic E-state index is 13.0. The number of piperidine rings is 1. The molecule has 6 nitrogen and oxygen atoms in total. The summed E-state index contributed by atoms with van der Waals surface area (Å²) in [5.74, 6) is -0.223. The van der Waals surface area contributed by atoms with Gasteiger partial charge in [-0.1, -0.05) is 30.3 Å². The summed E-state index contributed by atoms with van der Waals surface area (Å²) in [6.07, 6.45) is 5.05. The van der Waals surface area contributed by atoms with Crippen LogP contribution in [0.25, 0.3) is 0 Å². The van der Waals surface area contributed by atoms with Crippen LogP contribution >= 0.6 is 0 Å². The van der Waals surface area contributed by atoms with E-state index < -0.39 is 10.0 Å². The summed E-state index contributed by atoms with van der Waals surface area (Å²) in [5, 5.41) is 2.98. The lowest BCUT2D eigenvalue weighted by Gasteiger charge is -2.30. The molecule has 30 heavy (non-hydrogen) atoms. The molecule has 0 unspecified atom stereocenters. The highest BCUT2D eigenvalue weighted by Gasteiger charge is 2.24. The smallest absolute Gasteiger partial charge is 0.253 e. The molecule has 1 heterocycles. The van der Waals surface area contributed by atoms with E-state index in [1.165, 1.54) is 36.5 Å². The minimum atomic E-state index is -3.61. The van der Waals surface area contributed by atoms with Crippen molar-refractivity contribution in [3.8, 4) is 0 Å². The number of carbonyl (C=O) groups excluding carboxylic acids is 1. The monoisotopic (exact) mass is 429 g/mol. The first-order valence-corrected chi connectivity index (χ1v) is 12.0. The molecule has 1 fully saturated rings. The minimum absolute atomic E-state index is 0.141. The number of hydrogen-bond acceptors (Lipinski definition) is 4. The van der Waals surface area contributed by atoms with Gasteiger partial charge >= 0.3 is 0 Å². The molecule has 1 aliphatic rings. The molecule has 0 aliphatic carbocycles. The summed E-state index contributed by atoms with van der Waals surface area (Å²) in [6, 6.07) is 15.1. The van der Waals surface area contributed by atoms with Gasteiger partial charge in [0.2, 0.25) is 10.0 Å². The number of nitrogens with one attached hydrogen (secondary N) is 1. The second-order valence-corrected chi connectivity index (χ2v) is 10.0. The molecule has 0 saturated carbocycles. The molecule has 7 heteroatoms. The van der Waals surface area contributed by atoms with Crippen molar-refractivity contribution in [3.05, 3.63) is 59.7 Å². The van der Waals surface area contributed by atoms with Gasteiger partial charge in [0.1, 0.15) is 0 Å². The van der Waals surface area contributed by atoms with Crippen LogP contribution in [0.4, 0.5) is 5.69 Å². The summed E-state index contributed by atoms with van der Waals surface area (Å²) in [4.78, 5) is 15.4. The van der Waals surface area contributed by atoms with Gasteiger partial charge in [0.15, 0.2) is 0 Å². The van der Waals surface area contributed by atoms with Crippen molar-refractivity contribution >= 4 is 21.6 Å². The van der Waals surface area contributed by atoms with Gasteiger partial charge in [-0.3, -0.25) is 4.79 Å². The molecule has 2 aromatic rings. The van der Waals surface area contributed by atoms with Crippen LogP contribution in [-0.4, -0.2) is 52.4 Å². The normalized spacial score (nSPS) is 14.7. The SMILES string of the molecule is CN(C)S(=O)(=O)c1ccc(N2CCCCC2)c(C(=O)NCCCc2ccccc2)c1. The third-order valence-electron chi connectivity index (χ3n) is 5.46. The number of sulfonamides is 1. The summed E-state index contributed by atoms with van der Waals surface area (Å²) in [6.45, 7) is 2.31. The second kappa shape index (κ2) is 10.1. The molecule has 1 amide bonds. The van der Waals surface area contributed by atoms with Gasteiger partial charge in [0.25, 0.3) is 5.91 Å². The van der Waals surface area contributed by atoms with Crippen LogP contribution < -0.4 is 10.2 Å². The predicted octanol–water partition coefficient (Wildman–Crippen LogP) is 3.29. The number of rotatable bonds is 8. The standard InChI is InChI=1S/C23H31N3O3S/c1-25(2)30(28,29)20-13-14-22(26-16-7-4-8-17-26)21(18-20)23(27)24-15-9-12-19-10-5-3-6-11-19/h3,5-6,10-11,13-14,18H,4,7-9,12,15-17H2,1-2H3,(H,24,27). The molecule has 0 spiro atoms. The Hall–Kier alpha value is -2.38. The molecule has 3 rings (SSSR count). The van der Waals surface area contributed by atoms with E-state index in [0.29, 0.717) is 12.1 Å². The first-order chi connectivity index (χ1) is 14.4. The van der Waals surface area contributed by atoms with Crippen LogP contribution in [0.15, 0.2) is 53.4 Å². The molecule has 0 aromatic heterocycles. The van der Waals surface area contributed by atoms with E-state index in [4.69, 9.17) is 0 Å². The van der Waals surface area contributed by atoms with Crippen molar-refractivity contribution < 1.29 is 13.2 Å². The van der Waals surface area contributed by atoms with Crippen LogP contribution in [0.3, 0.4) is 0 Å². The van der Waals surface area contributed by atoms with Crippen molar-refractivity contribution in [3.63, 3.8) is 0 Å². The Morgan fingerprint density at radius 1 is 1.03 bits per heavy atom. The van der Waals surface area contributed by atoms with Crippen LogP contribution in [-0.2, 0) is 16.4 Å². The van der Waals surface area contributed by atoms with Gasteiger partial charge in [-0.15, -0.1) is 0 Å². The van der Waals surface area contributed by atoms with Gasteiger partial charge in [0, 0.05) is 39.4 Å². The zero-order valence-corrected chi connectivity index (χ0v) is 18.6. The van der Waals surface area contributed by atoms with E-state index >= 15 is 0 Å². The number of benzene rings is 2. The van der Waals surface area contributed by atoms with Crippen LogP contribution in [0.1, 0.15) is 41.6 Å². The third-order valence-corrected chi connectivity index (χ3v) is 7.27. The Morgan fingerprint density at radius 2 is 1.73 bits per heavy atom. The lowest BCUT2D eigenvalue weighted by Crippen LogP contribution is -2.33. The summed E-state index contributed by atoms with van der Waals surface area (Å²) in [7, 11) is -0.612. The fourth-order valence-corrected chi connectivity index (χ4v) is 4.64. The van der Waals surface area contributed by atoms with Crippen LogP contribution in [0.5, 0.6) is 0 Å². The Balaban J connectivity index is 1.77. The van der Waals surface area contributed by atoms with Crippen molar-refractivity contribution in [2.24, 2.45) is 0 Å². The number of nitrogens with zero attached hydrogens (tertiary/aromatic N) is 2. The molecular weight excluding hydrogens is 398 g/mol. The Labute approximate surface area is 179 Å². The van der Waals surface area contributed by atoms with Crippen LogP contribution in [0.2, 0.25) is 0 Å². The highest BCUT2D eigenvalue weighted by Crippen LogP contribution is 2.28. The topological polar surface area (TPSA) is 69.7 Å². The Kier molecular flexibility index (Phi) is 7.50. The molecule has 1 aliphatic heterocycles. The molecule has 0 atom stereocenters. The highest BCUT2D eigenvalue weighted by atomic mass is 32.2. The van der Waals surface area contributed by atoms with Gasteiger partial charge in [-0.2, -0.15) is 0 Å². The summed E-state index contributed by atoms with van der Waals surface area (Å²) >= 11 is 0. The van der Waals surface area contributed by atoms with E-state index in [2.05, 4.69) is 22.3 Å². The lowest BCUT2D eigenvalue weighted by atomic mass is 10.1. The second-order valence-electron chi connectivity index (χ2n) is 7.86. The third kappa shape index (κ3) is 5.40. The first kappa shape index (κ1) is 22.3. The van der Waals surface area contributed by atoms with Gasteiger partial charge < -0.3 is 10.2 Å². The molecular formula is C23H31N3O3S. The van der Waals surface area contributed by atoms with E-state index in [-0.39, 0.29) is 10.8 Å². The van der Waals surface area contributed by atoms with E-state index in [0.717, 1.165) is 44.5 Å². The molecule has 162 valence electrons. The van der Waals surface area contributed by atoms with Crippen molar-refractivity contribution in [2.75, 3.05) is 38.6 Å². The van der Waals surface area contributed by atoms with Gasteiger partial charge in [-0.25, -0.2) is 12.7 Å². The Morgan fingerprint density at radius 3 is 2.40 bits per heavy atom. The zero-order chi connectivity index (χ0) is 21.6. The van der Waals surface area contributed by atoms with Crippen molar-refractivity contribution in [1.82, 2.24) is 9.62 Å². The number of amides is 1. The summed E-state index contributed by atoms with van der Waals surface area (Å²) in [5.41, 5.74) is 2.48. The fraction of sp³-hybridized carbons (Fsp3) is 0.435. The number of hydrogen-bond donors (Lipinski definition) is 1. The van der Waals surface area contributed by atoms with Gasteiger partial charge in [-0.05, 0) is 55.9 Å². The molecule has 2 aromatic carbocycles. The average Bonchev–Trinajstić information content (AvgIpc) is 2.77. The maximum Gasteiger partial charge on any atom is 0.253 e. The molecule has 0 radical (unpaired) electrons. The largest absolute Gasteiger partial charge is 0.371 e. The van der Waals surface area contributed by atoms with E-state index in [1.807, 2.05) is 18.2 Å². The fourth-order valence-electron chi connectivity index (χ4n) is 3.71. The van der Waals surface area contributed by atoms with E-state index in [9.17, 15) is 13.2 Å². The quantitative estimate of drug-likeness (QED) is 0.654. The van der Waals surface area contributed by atoms with Crippen LogP contribution in [0, 0.1) is 0 Å². The lowest BCUT2D eigenvalue weighted by molar-refractivity contribution is 0.0953. The average molecular weight is 430 g/mol. The van der Waals surface area contributed by atoms with E-state index in [1.54, 1.807) is 12.1 Å². The van der Waals surface area contributed by atoms with Crippen molar-refractivity contribution in [2.45, 2.75) is 37.0 Å². The highest BCUT2D eigenvalue weighted by molar-refractivity contribution is 7.89. The first-order valence-electron chi connectivity index (χ1n) is 10.5. The minimum Gasteiger partial charge on any atom is -0.371 e. The maximum absolute atomic E-state index is 13.0. The van der Waals surface area contributed by atoms with Crippen molar-refractivity contribution in [1.29, 1.82) is 0 Å². The number of anilines is 1. The summed E-state index contributed by atoms with van der Waals surface area (Å²) < 4.78 is 26.4. The van der Waals surface area contributed by atoms with Gasteiger partial charge in [0.05, 0.1) is 10.5 Å². The molecule has 1 saturated heterocycles.